The van der Waals surface area contributed by atoms with E-state index in [0.717, 1.165) is 0 Å². The molecular formula is C6H15OUV3-. The van der Waals surface area contributed by atoms with E-state index in [1.165, 1.54) is 0 Å². The van der Waals surface area contributed by atoms with E-state index in [4.69, 9.17) is 5.11 Å². The van der Waals surface area contributed by atoms with Crippen LogP contribution in [0.3, 0.4) is 0 Å². The molecule has 0 atom stereocenters. The molecular weight excluding hydrogens is 479 g/mol. The van der Waals surface area contributed by atoms with Crippen molar-refractivity contribution in [2.45, 2.75) is 33.3 Å². The predicted molar refractivity (Wildman–Crippen MR) is 33.0 cm³/mol. The maximum atomic E-state index is 8.52. The zero-order chi connectivity index (χ0) is 6.50. The molecule has 0 amide bonds. The first-order valence-corrected chi connectivity index (χ1v) is 2.43. The molecule has 1 nitrogen and oxygen atoms in total. The van der Waals surface area contributed by atoms with Crippen LogP contribution in [0.2, 0.25) is 0 Å². The van der Waals surface area contributed by atoms with Crippen LogP contribution in [-0.2, 0) is 55.7 Å². The van der Waals surface area contributed by atoms with Crippen LogP contribution >= 0.6 is 0 Å². The van der Waals surface area contributed by atoms with Gasteiger partial charge in [0.1, 0.15) is 0 Å². The summed E-state index contributed by atoms with van der Waals surface area (Å²) in [4.78, 5) is 0. The summed E-state index contributed by atoms with van der Waals surface area (Å²) in [5, 5.41) is 8.52. The van der Waals surface area contributed by atoms with Gasteiger partial charge in [-0.05, 0) is 20.8 Å². The van der Waals surface area contributed by atoms with Crippen molar-refractivity contribution in [1.82, 2.24) is 0 Å². The van der Waals surface area contributed by atoms with Gasteiger partial charge in [-0.15, -0.1) is 0 Å². The standard InChI is InChI=1S/C4H10O.C2H5.U.3V/c1-4(2,3)5;1-2;;;;/h5H,1-3H3;1H2,2H3;;;;/q;-1;;;;. The van der Waals surface area contributed by atoms with Gasteiger partial charge >= 0.3 is 0 Å². The van der Waals surface area contributed by atoms with Gasteiger partial charge in [0.15, 0.2) is 0 Å². The largest absolute Gasteiger partial charge is 0.391 e. The van der Waals surface area contributed by atoms with Crippen LogP contribution in [-0.4, -0.2) is 10.7 Å². The molecule has 0 unspecified atom stereocenters. The molecule has 0 aliphatic heterocycles. The van der Waals surface area contributed by atoms with E-state index in [9.17, 15) is 0 Å². The van der Waals surface area contributed by atoms with Crippen LogP contribution < -0.4 is 0 Å². The molecule has 0 heterocycles. The van der Waals surface area contributed by atoms with Gasteiger partial charge in [-0.25, -0.2) is 0 Å². The van der Waals surface area contributed by atoms with Crippen molar-refractivity contribution in [3.8, 4) is 0 Å². The van der Waals surface area contributed by atoms with Gasteiger partial charge in [-0.1, -0.05) is 0 Å². The minimum atomic E-state index is -0.500. The van der Waals surface area contributed by atoms with Crippen LogP contribution in [0.1, 0.15) is 27.7 Å². The molecule has 0 aromatic heterocycles. The Morgan fingerprint density at radius 1 is 0.909 bits per heavy atom. The average Bonchev–Trinajstić information content (AvgIpc) is 1.36. The van der Waals surface area contributed by atoms with Gasteiger partial charge in [0, 0.05) is 86.8 Å². The number of aliphatic hydroxyl groups is 1. The number of hydrogen-bond acceptors (Lipinski definition) is 1. The summed E-state index contributed by atoms with van der Waals surface area (Å²) in [6, 6.07) is 0. The first-order valence-electron chi connectivity index (χ1n) is 2.43. The molecule has 0 saturated carbocycles. The van der Waals surface area contributed by atoms with E-state index in [0.29, 0.717) is 0 Å². The Hall–Kier alpha value is 2.77. The van der Waals surface area contributed by atoms with Gasteiger partial charge in [0.2, 0.25) is 0 Å². The smallest absolute Gasteiger partial charge is 0.0563 e. The molecule has 1 N–H and O–H groups in total. The molecule has 0 aromatic carbocycles. The molecule has 0 bridgehead atoms. The van der Waals surface area contributed by atoms with Crippen LogP contribution in [0, 0.1) is 38.0 Å². The van der Waals surface area contributed by atoms with E-state index in [1.807, 2.05) is 0 Å². The zero-order valence-corrected chi connectivity index (χ0v) is 15.8. The summed E-state index contributed by atoms with van der Waals surface area (Å²) in [6.45, 7) is 10.2. The van der Waals surface area contributed by atoms with Crippen molar-refractivity contribution in [3.05, 3.63) is 6.92 Å². The Balaban J connectivity index is -0.00000000972. The van der Waals surface area contributed by atoms with Crippen molar-refractivity contribution < 1.29 is 91.9 Å². The second-order valence-corrected chi connectivity index (χ2v) is 2.17. The molecule has 0 rings (SSSR count). The normalized spacial score (nSPS) is 6.00. The van der Waals surface area contributed by atoms with Gasteiger partial charge in [-0.3, -0.25) is 0 Å². The minimum absolute atomic E-state index is 0. The van der Waals surface area contributed by atoms with E-state index >= 15 is 0 Å². The molecule has 11 heavy (non-hydrogen) atoms. The summed E-state index contributed by atoms with van der Waals surface area (Å²) in [5.74, 6) is 0. The summed E-state index contributed by atoms with van der Waals surface area (Å²) in [5.41, 5.74) is -0.500. The van der Waals surface area contributed by atoms with Crippen molar-refractivity contribution in [2.24, 2.45) is 0 Å². The topological polar surface area (TPSA) is 20.2 Å². The maximum Gasteiger partial charge on any atom is 0.0563 e. The van der Waals surface area contributed by atoms with Crippen molar-refractivity contribution >= 4 is 0 Å². The third kappa shape index (κ3) is 193. The fourth-order valence-corrected chi connectivity index (χ4v) is 0. The van der Waals surface area contributed by atoms with E-state index in [1.54, 1.807) is 27.7 Å². The molecule has 0 fully saturated rings. The average molecular weight is 494 g/mol. The Bertz CT molecular complexity index is 33.3. The summed E-state index contributed by atoms with van der Waals surface area (Å²) >= 11 is 0. The van der Waals surface area contributed by atoms with Gasteiger partial charge < -0.3 is 12.0 Å². The fourth-order valence-electron chi connectivity index (χ4n) is 0. The third-order valence-electron chi connectivity index (χ3n) is 0. The first kappa shape index (κ1) is 37.2. The van der Waals surface area contributed by atoms with E-state index in [2.05, 4.69) is 6.92 Å². The maximum absolute atomic E-state index is 8.52. The Morgan fingerprint density at radius 3 is 0.909 bits per heavy atom. The summed E-state index contributed by atoms with van der Waals surface area (Å²) in [6.07, 6.45) is 0. The summed E-state index contributed by atoms with van der Waals surface area (Å²) in [7, 11) is 0. The van der Waals surface area contributed by atoms with Crippen molar-refractivity contribution in [1.29, 1.82) is 0 Å². The molecule has 0 aliphatic rings. The molecule has 0 spiro atoms. The monoisotopic (exact) mass is 494 g/mol. The van der Waals surface area contributed by atoms with Crippen LogP contribution in [0.25, 0.3) is 0 Å². The van der Waals surface area contributed by atoms with E-state index in [-0.39, 0.29) is 86.8 Å². The summed E-state index contributed by atoms with van der Waals surface area (Å²) < 4.78 is 0. The number of hydrogen-bond donors (Lipinski definition) is 1. The SMILES string of the molecule is CC(C)(C)O.[CH2-]C.[U].[V].[V].[V]. The second kappa shape index (κ2) is 23.0. The first-order chi connectivity index (χ1) is 3.00. The van der Waals surface area contributed by atoms with Gasteiger partial charge in [0.25, 0.3) is 0 Å². The molecule has 3 radical (unpaired) electrons. The molecule has 0 aliphatic carbocycles. The van der Waals surface area contributed by atoms with Gasteiger partial charge in [0.05, 0.1) is 5.60 Å². The van der Waals surface area contributed by atoms with Crippen LogP contribution in [0.15, 0.2) is 0 Å². The minimum Gasteiger partial charge on any atom is -0.391 e. The second-order valence-electron chi connectivity index (χ2n) is 2.17. The molecule has 5 heteroatoms. The molecule has 0 aromatic rings. The zero-order valence-electron chi connectivity index (χ0n) is 7.50. The predicted octanol–water partition coefficient (Wildman–Crippen LogP) is 1.61. The molecule has 65 valence electrons. The van der Waals surface area contributed by atoms with Crippen molar-refractivity contribution in [2.75, 3.05) is 0 Å². The number of rotatable bonds is 0. The van der Waals surface area contributed by atoms with Crippen LogP contribution in [0.4, 0.5) is 0 Å². The van der Waals surface area contributed by atoms with E-state index < -0.39 is 5.60 Å². The Kier molecular flexibility index (Phi) is 77.8. The Morgan fingerprint density at radius 2 is 0.909 bits per heavy atom. The third-order valence-corrected chi connectivity index (χ3v) is 0. The quantitative estimate of drug-likeness (QED) is 0.508. The molecule has 0 saturated heterocycles. The fraction of sp³-hybridized carbons (Fsp3) is 0.833. The van der Waals surface area contributed by atoms with Crippen LogP contribution in [0.5, 0.6) is 0 Å². The van der Waals surface area contributed by atoms with Gasteiger partial charge in [-0.2, -0.15) is 6.92 Å². The Labute approximate surface area is 130 Å². The van der Waals surface area contributed by atoms with Crippen molar-refractivity contribution in [3.63, 3.8) is 0 Å².